The third-order valence-electron chi connectivity index (χ3n) is 5.97. The second-order valence-corrected chi connectivity index (χ2v) is 8.57. The number of nitrogens with zero attached hydrogens (tertiary/aromatic N) is 5. The standard InChI is InChI=1S/C24H22ClN5O2/c1-14-8-10-17(11-9-14)13-29-22(31)20-21(27(4)24(29)32)26-23-28(20)12-15(2)30(23)19-7-5-6-18(25)16(19)3/h5-12H,13H2,1-4H3. The average molecular weight is 448 g/mol. The van der Waals surface area contributed by atoms with E-state index in [4.69, 9.17) is 16.6 Å². The molecule has 0 N–H and O–H groups in total. The fourth-order valence-corrected chi connectivity index (χ4v) is 4.33. The first kappa shape index (κ1) is 20.3. The molecule has 0 saturated heterocycles. The third kappa shape index (κ3) is 2.92. The van der Waals surface area contributed by atoms with Crippen molar-refractivity contribution >= 4 is 28.5 Å². The molecule has 3 aromatic heterocycles. The summed E-state index contributed by atoms with van der Waals surface area (Å²) in [6.07, 6.45) is 1.87. The number of rotatable bonds is 3. The van der Waals surface area contributed by atoms with Gasteiger partial charge in [-0.15, -0.1) is 0 Å². The lowest BCUT2D eigenvalue weighted by molar-refractivity contribution is 0.656. The molecule has 8 heteroatoms. The minimum atomic E-state index is -0.397. The number of imidazole rings is 2. The van der Waals surface area contributed by atoms with Gasteiger partial charge >= 0.3 is 5.69 Å². The summed E-state index contributed by atoms with van der Waals surface area (Å²) in [5.41, 5.74) is 4.66. The van der Waals surface area contributed by atoms with Gasteiger partial charge in [-0.25, -0.2) is 4.79 Å². The van der Waals surface area contributed by atoms with Gasteiger partial charge in [-0.2, -0.15) is 4.98 Å². The van der Waals surface area contributed by atoms with Crippen molar-refractivity contribution in [1.29, 1.82) is 0 Å². The van der Waals surface area contributed by atoms with Crippen LogP contribution in [0.3, 0.4) is 0 Å². The highest BCUT2D eigenvalue weighted by Gasteiger charge is 2.21. The zero-order valence-corrected chi connectivity index (χ0v) is 19.0. The maximum atomic E-state index is 13.5. The molecule has 5 aromatic rings. The Balaban J connectivity index is 1.80. The Morgan fingerprint density at radius 2 is 1.72 bits per heavy atom. The molecule has 0 atom stereocenters. The van der Waals surface area contributed by atoms with E-state index in [1.54, 1.807) is 11.4 Å². The lowest BCUT2D eigenvalue weighted by Crippen LogP contribution is -2.39. The van der Waals surface area contributed by atoms with Crippen LogP contribution in [0.1, 0.15) is 22.4 Å². The molecule has 0 aliphatic rings. The van der Waals surface area contributed by atoms with Crippen LogP contribution in [0.5, 0.6) is 0 Å². The second kappa shape index (κ2) is 7.24. The molecule has 7 nitrogen and oxygen atoms in total. The largest absolute Gasteiger partial charge is 0.332 e. The van der Waals surface area contributed by atoms with Crippen molar-refractivity contribution in [2.45, 2.75) is 27.3 Å². The fourth-order valence-electron chi connectivity index (χ4n) is 4.16. The number of benzene rings is 2. The van der Waals surface area contributed by atoms with Crippen LogP contribution < -0.4 is 11.2 Å². The van der Waals surface area contributed by atoms with E-state index in [0.29, 0.717) is 22.0 Å². The molecule has 0 radical (unpaired) electrons. The Morgan fingerprint density at radius 1 is 1.00 bits per heavy atom. The molecule has 0 spiro atoms. The summed E-state index contributed by atoms with van der Waals surface area (Å²) in [5, 5.41) is 0.651. The van der Waals surface area contributed by atoms with Crippen LogP contribution in [-0.4, -0.2) is 23.1 Å². The van der Waals surface area contributed by atoms with Crippen molar-refractivity contribution in [2.75, 3.05) is 0 Å². The van der Waals surface area contributed by atoms with Crippen molar-refractivity contribution in [3.05, 3.63) is 96.9 Å². The van der Waals surface area contributed by atoms with Gasteiger partial charge in [-0.05, 0) is 44.0 Å². The Labute approximate surface area is 188 Å². The third-order valence-corrected chi connectivity index (χ3v) is 6.38. The predicted molar refractivity (Wildman–Crippen MR) is 126 cm³/mol. The summed E-state index contributed by atoms with van der Waals surface area (Å²) >= 11 is 6.35. The number of aromatic nitrogens is 5. The number of hydrogen-bond acceptors (Lipinski definition) is 3. The molecule has 0 aliphatic heterocycles. The first-order valence-electron chi connectivity index (χ1n) is 10.3. The van der Waals surface area contributed by atoms with E-state index in [2.05, 4.69) is 0 Å². The highest BCUT2D eigenvalue weighted by atomic mass is 35.5. The quantitative estimate of drug-likeness (QED) is 0.423. The summed E-state index contributed by atoms with van der Waals surface area (Å²) in [6.45, 7) is 6.09. The van der Waals surface area contributed by atoms with E-state index in [1.807, 2.05) is 74.0 Å². The summed E-state index contributed by atoms with van der Waals surface area (Å²) < 4.78 is 6.41. The van der Waals surface area contributed by atoms with Crippen molar-refractivity contribution in [2.24, 2.45) is 7.05 Å². The van der Waals surface area contributed by atoms with Crippen molar-refractivity contribution < 1.29 is 0 Å². The number of fused-ring (bicyclic) bond motifs is 3. The van der Waals surface area contributed by atoms with E-state index in [-0.39, 0.29) is 12.1 Å². The van der Waals surface area contributed by atoms with Crippen molar-refractivity contribution in [3.63, 3.8) is 0 Å². The van der Waals surface area contributed by atoms with Gasteiger partial charge in [0.25, 0.3) is 5.56 Å². The maximum absolute atomic E-state index is 13.5. The van der Waals surface area contributed by atoms with Gasteiger partial charge in [0.15, 0.2) is 11.2 Å². The van der Waals surface area contributed by atoms with Crippen molar-refractivity contribution in [1.82, 2.24) is 23.1 Å². The average Bonchev–Trinajstić information content (AvgIpc) is 3.28. The van der Waals surface area contributed by atoms with Gasteiger partial charge in [0, 0.05) is 24.0 Å². The summed E-state index contributed by atoms with van der Waals surface area (Å²) in [4.78, 5) is 31.2. The van der Waals surface area contributed by atoms with Gasteiger partial charge in [0.2, 0.25) is 5.78 Å². The Bertz CT molecular complexity index is 1630. The van der Waals surface area contributed by atoms with Crippen LogP contribution in [-0.2, 0) is 13.6 Å². The first-order valence-corrected chi connectivity index (χ1v) is 10.7. The van der Waals surface area contributed by atoms with Crippen LogP contribution in [0.15, 0.2) is 58.3 Å². The predicted octanol–water partition coefficient (Wildman–Crippen LogP) is 3.77. The maximum Gasteiger partial charge on any atom is 0.332 e. The zero-order chi connectivity index (χ0) is 22.7. The lowest BCUT2D eigenvalue weighted by Gasteiger charge is -2.10. The molecule has 162 valence electrons. The lowest BCUT2D eigenvalue weighted by atomic mass is 10.1. The molecule has 0 saturated carbocycles. The van der Waals surface area contributed by atoms with Crippen molar-refractivity contribution in [3.8, 4) is 5.69 Å². The minimum Gasteiger partial charge on any atom is -0.283 e. The molecule has 2 aromatic carbocycles. The molecule has 0 unspecified atom stereocenters. The van der Waals surface area contributed by atoms with Crippen LogP contribution in [0.2, 0.25) is 5.02 Å². The van der Waals surface area contributed by atoms with E-state index >= 15 is 0 Å². The van der Waals surface area contributed by atoms with Gasteiger partial charge in [-0.1, -0.05) is 47.5 Å². The summed E-state index contributed by atoms with van der Waals surface area (Å²) in [5.74, 6) is 0.558. The second-order valence-electron chi connectivity index (χ2n) is 8.16. The van der Waals surface area contributed by atoms with Crippen LogP contribution in [0, 0.1) is 20.8 Å². The molecular weight excluding hydrogens is 426 g/mol. The smallest absolute Gasteiger partial charge is 0.283 e. The molecule has 0 fully saturated rings. The van der Waals surface area contributed by atoms with Gasteiger partial charge in [0.05, 0.1) is 12.2 Å². The molecule has 0 bridgehead atoms. The minimum absolute atomic E-state index is 0.196. The van der Waals surface area contributed by atoms with Crippen LogP contribution in [0.4, 0.5) is 0 Å². The topological polar surface area (TPSA) is 66.2 Å². The number of hydrogen-bond donors (Lipinski definition) is 0. The molecule has 5 rings (SSSR count). The van der Waals surface area contributed by atoms with Gasteiger partial charge in [0.1, 0.15) is 0 Å². The number of aryl methyl sites for hydroxylation is 3. The van der Waals surface area contributed by atoms with E-state index in [1.165, 1.54) is 9.13 Å². The highest BCUT2D eigenvalue weighted by Crippen LogP contribution is 2.27. The molecule has 0 amide bonds. The Morgan fingerprint density at radius 3 is 2.44 bits per heavy atom. The Hall–Kier alpha value is -3.58. The zero-order valence-electron chi connectivity index (χ0n) is 18.3. The van der Waals surface area contributed by atoms with Gasteiger partial charge in [-0.3, -0.25) is 22.9 Å². The molecule has 32 heavy (non-hydrogen) atoms. The first-order chi connectivity index (χ1) is 15.3. The SMILES string of the molecule is Cc1ccc(Cn2c(=O)c3c(nc4n(-c5cccc(Cl)c5C)c(C)cn34)n(C)c2=O)cc1. The molecule has 0 aliphatic carbocycles. The molecular formula is C24H22ClN5O2. The molecule has 3 heterocycles. The van der Waals surface area contributed by atoms with Crippen LogP contribution in [0.25, 0.3) is 22.6 Å². The van der Waals surface area contributed by atoms with Gasteiger partial charge < -0.3 is 0 Å². The van der Waals surface area contributed by atoms with E-state index < -0.39 is 5.69 Å². The summed E-state index contributed by atoms with van der Waals surface area (Å²) in [6, 6.07) is 13.5. The van der Waals surface area contributed by atoms with E-state index in [0.717, 1.165) is 28.1 Å². The van der Waals surface area contributed by atoms with Crippen LogP contribution >= 0.6 is 11.6 Å². The monoisotopic (exact) mass is 447 g/mol. The Kier molecular flexibility index (Phi) is 4.60. The fraction of sp³-hybridized carbons (Fsp3) is 0.208. The number of halogens is 1. The normalized spacial score (nSPS) is 11.7. The van der Waals surface area contributed by atoms with E-state index in [9.17, 15) is 9.59 Å². The summed E-state index contributed by atoms with van der Waals surface area (Å²) in [7, 11) is 1.64. The highest BCUT2D eigenvalue weighted by molar-refractivity contribution is 6.31.